The van der Waals surface area contributed by atoms with Crippen LogP contribution in [0, 0.1) is 0 Å². The van der Waals surface area contributed by atoms with Crippen molar-refractivity contribution < 1.29 is 19.8 Å². The summed E-state index contributed by atoms with van der Waals surface area (Å²) in [4.78, 5) is 36.1. The van der Waals surface area contributed by atoms with Crippen molar-refractivity contribution in [2.75, 3.05) is 5.32 Å². The highest BCUT2D eigenvalue weighted by atomic mass is 35.5. The van der Waals surface area contributed by atoms with Crippen molar-refractivity contribution in [1.29, 1.82) is 0 Å². The van der Waals surface area contributed by atoms with E-state index in [-0.39, 0.29) is 5.69 Å². The lowest BCUT2D eigenvalue weighted by Gasteiger charge is -2.19. The number of benzene rings is 2. The predicted octanol–water partition coefficient (Wildman–Crippen LogP) is 4.40. The van der Waals surface area contributed by atoms with E-state index in [1.807, 2.05) is 0 Å². The number of aromatic nitrogens is 1. The summed E-state index contributed by atoms with van der Waals surface area (Å²) in [5.41, 5.74) is 0.767. The van der Waals surface area contributed by atoms with Crippen LogP contribution in [-0.2, 0) is 11.8 Å². The molecule has 32 heavy (non-hydrogen) atoms. The van der Waals surface area contributed by atoms with Crippen LogP contribution in [0.5, 0.6) is 5.75 Å². The van der Waals surface area contributed by atoms with E-state index < -0.39 is 35.8 Å². The molecule has 1 unspecified atom stereocenters. The normalized spacial score (nSPS) is 11.6. The molecule has 2 aromatic carbocycles. The zero-order valence-electron chi connectivity index (χ0n) is 16.8. The van der Waals surface area contributed by atoms with E-state index in [4.69, 9.17) is 23.2 Å². The molecule has 0 spiro atoms. The average Bonchev–Trinajstić information content (AvgIpc) is 2.73. The number of carboxylic acid groups (broad SMARTS) is 1. The fourth-order valence-corrected chi connectivity index (χ4v) is 3.77. The van der Waals surface area contributed by atoms with E-state index in [0.717, 1.165) is 0 Å². The minimum Gasteiger partial charge on any atom is -0.505 e. The lowest BCUT2D eigenvalue weighted by atomic mass is 9.97. The number of carboxylic acids is 1. The Morgan fingerprint density at radius 1 is 1.09 bits per heavy atom. The fraction of sp³-hybridized carbons (Fsp3) is 0.136. The van der Waals surface area contributed by atoms with Crippen LogP contribution in [0.3, 0.4) is 0 Å². The summed E-state index contributed by atoms with van der Waals surface area (Å²) >= 11 is 12.6. The van der Waals surface area contributed by atoms with Gasteiger partial charge in [-0.25, -0.2) is 4.79 Å². The Morgan fingerprint density at radius 3 is 2.41 bits per heavy atom. The Morgan fingerprint density at radius 2 is 1.75 bits per heavy atom. The summed E-state index contributed by atoms with van der Waals surface area (Å²) in [5, 5.41) is 24.9. The second kappa shape index (κ2) is 9.76. The Bertz CT molecular complexity index is 1220. The number of nitrogens with zero attached hydrogens (tertiary/aromatic N) is 1. The number of hydrogen-bond acceptors (Lipinski definition) is 4. The molecule has 0 aliphatic heterocycles. The first-order valence-corrected chi connectivity index (χ1v) is 10.1. The molecule has 4 N–H and O–H groups in total. The Balaban J connectivity index is 1.91. The van der Waals surface area contributed by atoms with Gasteiger partial charge in [0.2, 0.25) is 0 Å². The SMILES string of the molecule is Cn1ccc(O)c(NC(=O)NC(CC(=O)O)c2cccc(-c3c(Cl)cccc3Cl)c2)c1=O. The van der Waals surface area contributed by atoms with Crippen molar-refractivity contribution in [2.24, 2.45) is 7.05 Å². The average molecular weight is 476 g/mol. The van der Waals surface area contributed by atoms with E-state index in [1.54, 1.807) is 42.5 Å². The van der Waals surface area contributed by atoms with Crippen LogP contribution in [0.1, 0.15) is 18.0 Å². The van der Waals surface area contributed by atoms with Gasteiger partial charge in [0, 0.05) is 28.9 Å². The molecule has 0 saturated heterocycles. The predicted molar refractivity (Wildman–Crippen MR) is 122 cm³/mol. The van der Waals surface area contributed by atoms with Crippen molar-refractivity contribution in [2.45, 2.75) is 12.5 Å². The highest BCUT2D eigenvalue weighted by Gasteiger charge is 2.21. The molecule has 0 radical (unpaired) electrons. The zero-order chi connectivity index (χ0) is 23.4. The van der Waals surface area contributed by atoms with Gasteiger partial charge in [0.25, 0.3) is 5.56 Å². The van der Waals surface area contributed by atoms with E-state index in [2.05, 4.69) is 10.6 Å². The molecule has 1 heterocycles. The highest BCUT2D eigenvalue weighted by Crippen LogP contribution is 2.35. The smallest absolute Gasteiger partial charge is 0.319 e. The number of aromatic hydroxyl groups is 1. The number of rotatable bonds is 6. The molecule has 1 atom stereocenters. The van der Waals surface area contributed by atoms with Crippen LogP contribution in [0.2, 0.25) is 10.0 Å². The largest absolute Gasteiger partial charge is 0.505 e. The molecule has 166 valence electrons. The summed E-state index contributed by atoms with van der Waals surface area (Å²) in [6.45, 7) is 0. The molecule has 0 aliphatic carbocycles. The number of carbonyl (C=O) groups excluding carboxylic acids is 1. The van der Waals surface area contributed by atoms with Gasteiger partial charge >= 0.3 is 12.0 Å². The summed E-state index contributed by atoms with van der Waals surface area (Å²) < 4.78 is 1.18. The van der Waals surface area contributed by atoms with Gasteiger partial charge in [-0.05, 0) is 35.4 Å². The van der Waals surface area contributed by atoms with Crippen molar-refractivity contribution in [3.63, 3.8) is 0 Å². The number of aryl methyl sites for hydroxylation is 1. The monoisotopic (exact) mass is 475 g/mol. The fourth-order valence-electron chi connectivity index (χ4n) is 3.16. The van der Waals surface area contributed by atoms with Gasteiger partial charge in [0.15, 0.2) is 5.69 Å². The Kier molecular flexibility index (Phi) is 7.07. The summed E-state index contributed by atoms with van der Waals surface area (Å²) in [5.74, 6) is -1.55. The first-order valence-electron chi connectivity index (χ1n) is 9.39. The third-order valence-electron chi connectivity index (χ3n) is 4.71. The van der Waals surface area contributed by atoms with Crippen LogP contribution < -0.4 is 16.2 Å². The zero-order valence-corrected chi connectivity index (χ0v) is 18.3. The van der Waals surface area contributed by atoms with Gasteiger partial charge in [-0.15, -0.1) is 0 Å². The van der Waals surface area contributed by atoms with Gasteiger partial charge in [0.05, 0.1) is 12.5 Å². The van der Waals surface area contributed by atoms with Crippen molar-refractivity contribution >= 4 is 40.9 Å². The Hall–Kier alpha value is -3.49. The number of urea groups is 1. The summed E-state index contributed by atoms with van der Waals surface area (Å²) in [6.07, 6.45) is 0.922. The first-order chi connectivity index (χ1) is 15.2. The molecule has 10 heteroatoms. The number of amides is 2. The van der Waals surface area contributed by atoms with Crippen LogP contribution in [0.15, 0.2) is 59.5 Å². The molecule has 3 aromatic rings. The number of carbonyl (C=O) groups is 2. The van der Waals surface area contributed by atoms with E-state index in [9.17, 15) is 24.6 Å². The van der Waals surface area contributed by atoms with Crippen LogP contribution in [-0.4, -0.2) is 26.8 Å². The van der Waals surface area contributed by atoms with E-state index in [0.29, 0.717) is 26.7 Å². The minimum absolute atomic E-state index is 0.321. The topological polar surface area (TPSA) is 121 Å². The maximum atomic E-state index is 12.5. The maximum absolute atomic E-state index is 12.5. The molecule has 3 rings (SSSR count). The number of nitrogens with one attached hydrogen (secondary N) is 2. The molecular formula is C22H19Cl2N3O5. The van der Waals surface area contributed by atoms with Gasteiger partial charge < -0.3 is 25.4 Å². The standard InChI is InChI=1S/C22H19Cl2N3O5/c1-27-9-8-17(28)20(21(27)31)26-22(32)25-16(11-18(29)30)12-4-2-5-13(10-12)19-14(23)6-3-7-15(19)24/h2-10,16,28H,11H2,1H3,(H,29,30)(H2,25,26,32). The van der Waals surface area contributed by atoms with Crippen molar-refractivity contribution in [3.8, 4) is 16.9 Å². The quantitative estimate of drug-likeness (QED) is 0.420. The van der Waals surface area contributed by atoms with E-state index >= 15 is 0 Å². The lowest BCUT2D eigenvalue weighted by Crippen LogP contribution is -2.36. The number of pyridine rings is 1. The molecular weight excluding hydrogens is 457 g/mol. The van der Waals surface area contributed by atoms with Crippen LogP contribution >= 0.6 is 23.2 Å². The molecule has 1 aromatic heterocycles. The number of hydrogen-bond donors (Lipinski definition) is 4. The summed E-state index contributed by atoms with van der Waals surface area (Å²) in [6, 6.07) is 11.3. The highest BCUT2D eigenvalue weighted by molar-refractivity contribution is 6.39. The maximum Gasteiger partial charge on any atom is 0.319 e. The van der Waals surface area contributed by atoms with Crippen molar-refractivity contribution in [3.05, 3.63) is 80.7 Å². The van der Waals surface area contributed by atoms with Gasteiger partial charge in [0.1, 0.15) is 5.75 Å². The second-order valence-corrected chi connectivity index (χ2v) is 7.78. The number of halogens is 2. The van der Waals surface area contributed by atoms with Crippen LogP contribution in [0.4, 0.5) is 10.5 Å². The van der Waals surface area contributed by atoms with Gasteiger partial charge in [-0.3, -0.25) is 9.59 Å². The first kappa shape index (κ1) is 23.2. The molecule has 8 nitrogen and oxygen atoms in total. The molecule has 0 aliphatic rings. The van der Waals surface area contributed by atoms with Gasteiger partial charge in [-0.1, -0.05) is 47.5 Å². The summed E-state index contributed by atoms with van der Waals surface area (Å²) in [7, 11) is 1.46. The lowest BCUT2D eigenvalue weighted by molar-refractivity contribution is -0.137. The molecule has 0 saturated carbocycles. The minimum atomic E-state index is -1.14. The molecule has 0 fully saturated rings. The second-order valence-electron chi connectivity index (χ2n) is 6.96. The van der Waals surface area contributed by atoms with Crippen LogP contribution in [0.25, 0.3) is 11.1 Å². The third-order valence-corrected chi connectivity index (χ3v) is 5.34. The molecule has 0 bridgehead atoms. The number of anilines is 1. The molecule has 2 amide bonds. The van der Waals surface area contributed by atoms with E-state index in [1.165, 1.54) is 23.9 Å². The third kappa shape index (κ3) is 5.22. The number of aliphatic carboxylic acids is 1. The Labute approximate surface area is 193 Å². The van der Waals surface area contributed by atoms with Gasteiger partial charge in [-0.2, -0.15) is 0 Å². The van der Waals surface area contributed by atoms with Crippen molar-refractivity contribution in [1.82, 2.24) is 9.88 Å².